The number of hydrogen-bond acceptors (Lipinski definition) is 3. The maximum Gasteiger partial charge on any atom is 0.169 e. The van der Waals surface area contributed by atoms with Crippen molar-refractivity contribution in [3.63, 3.8) is 0 Å². The van der Waals surface area contributed by atoms with Crippen LogP contribution in [-0.4, -0.2) is 37.0 Å². The van der Waals surface area contributed by atoms with Gasteiger partial charge in [-0.15, -0.1) is 11.6 Å². The van der Waals surface area contributed by atoms with E-state index in [1.54, 1.807) is 21.3 Å². The molecule has 1 unspecified atom stereocenters. The van der Waals surface area contributed by atoms with Crippen molar-refractivity contribution in [2.24, 2.45) is 0 Å². The highest BCUT2D eigenvalue weighted by Crippen LogP contribution is 2.32. The molecule has 3 nitrogen and oxygen atoms in total. The lowest BCUT2D eigenvalue weighted by molar-refractivity contribution is -0.211. The SMILES string of the molecule is COC(c1ccccc1CCl)C([SiH3])(OC)OC. The zero-order valence-electron chi connectivity index (χ0n) is 10.7. The van der Waals surface area contributed by atoms with Gasteiger partial charge in [-0.1, -0.05) is 24.3 Å². The second kappa shape index (κ2) is 6.52. The molecular weight excluding hydrogens is 256 g/mol. The highest BCUT2D eigenvalue weighted by atomic mass is 35.5. The van der Waals surface area contributed by atoms with Crippen LogP contribution in [0.5, 0.6) is 0 Å². The van der Waals surface area contributed by atoms with Crippen molar-refractivity contribution in [3.05, 3.63) is 35.4 Å². The lowest BCUT2D eigenvalue weighted by Gasteiger charge is -2.35. The zero-order valence-corrected chi connectivity index (χ0v) is 13.5. The van der Waals surface area contributed by atoms with E-state index < -0.39 is 5.41 Å². The van der Waals surface area contributed by atoms with Crippen LogP contribution < -0.4 is 0 Å². The van der Waals surface area contributed by atoms with Crippen LogP contribution in [-0.2, 0) is 20.1 Å². The van der Waals surface area contributed by atoms with Crippen LogP contribution in [0.2, 0.25) is 0 Å². The van der Waals surface area contributed by atoms with Crippen LogP contribution in [0.25, 0.3) is 0 Å². The van der Waals surface area contributed by atoms with E-state index in [4.69, 9.17) is 25.8 Å². The Kier molecular flexibility index (Phi) is 5.62. The molecule has 0 saturated carbocycles. The van der Waals surface area contributed by atoms with E-state index in [0.717, 1.165) is 11.1 Å². The van der Waals surface area contributed by atoms with Gasteiger partial charge in [-0.3, -0.25) is 0 Å². The molecule has 0 aliphatic carbocycles. The summed E-state index contributed by atoms with van der Waals surface area (Å²) >= 11 is 5.94. The van der Waals surface area contributed by atoms with Crippen LogP contribution in [0.15, 0.2) is 24.3 Å². The van der Waals surface area contributed by atoms with Gasteiger partial charge in [-0.05, 0) is 11.1 Å². The molecule has 0 aromatic heterocycles. The van der Waals surface area contributed by atoms with E-state index in [1.165, 1.54) is 0 Å². The molecule has 1 rings (SSSR count). The fraction of sp³-hybridized carbons (Fsp3) is 0.500. The van der Waals surface area contributed by atoms with Crippen LogP contribution in [0, 0.1) is 0 Å². The van der Waals surface area contributed by atoms with Crippen molar-refractivity contribution in [1.29, 1.82) is 0 Å². The Morgan fingerprint density at radius 1 is 1.24 bits per heavy atom. The van der Waals surface area contributed by atoms with E-state index >= 15 is 0 Å². The number of methoxy groups -OCH3 is 3. The smallest absolute Gasteiger partial charge is 0.169 e. The molecule has 1 aromatic carbocycles. The number of benzene rings is 1. The molecule has 5 heteroatoms. The summed E-state index contributed by atoms with van der Waals surface area (Å²) < 4.78 is 16.5. The first-order chi connectivity index (χ1) is 8.12. The maximum atomic E-state index is 5.94. The molecular formula is C12H19ClO3Si. The third kappa shape index (κ3) is 3.08. The topological polar surface area (TPSA) is 27.7 Å². The first-order valence-electron chi connectivity index (χ1n) is 5.39. The molecule has 0 fully saturated rings. The van der Waals surface area contributed by atoms with Gasteiger partial charge < -0.3 is 14.2 Å². The third-order valence-corrected chi connectivity index (χ3v) is 4.63. The number of halogens is 1. The van der Waals surface area contributed by atoms with Gasteiger partial charge in [-0.25, -0.2) is 0 Å². The summed E-state index contributed by atoms with van der Waals surface area (Å²) in [5.74, 6) is 0.446. The molecule has 0 bridgehead atoms. The van der Waals surface area contributed by atoms with Gasteiger partial charge in [0.15, 0.2) is 5.41 Å². The lowest BCUT2D eigenvalue weighted by atomic mass is 10.0. The fourth-order valence-corrected chi connectivity index (χ4v) is 2.62. The predicted molar refractivity (Wildman–Crippen MR) is 72.4 cm³/mol. The Labute approximate surface area is 110 Å². The minimum absolute atomic E-state index is 0.265. The van der Waals surface area contributed by atoms with Crippen molar-refractivity contribution in [2.75, 3.05) is 21.3 Å². The maximum absolute atomic E-state index is 5.94. The normalized spacial score (nSPS) is 13.9. The second-order valence-electron chi connectivity index (χ2n) is 3.87. The predicted octanol–water partition coefficient (Wildman–Crippen LogP) is 1.42. The van der Waals surface area contributed by atoms with Crippen LogP contribution >= 0.6 is 11.6 Å². The molecule has 0 radical (unpaired) electrons. The van der Waals surface area contributed by atoms with E-state index in [2.05, 4.69) is 0 Å². The summed E-state index contributed by atoms with van der Waals surface area (Å²) in [7, 11) is 5.60. The summed E-state index contributed by atoms with van der Waals surface area (Å²) in [6.45, 7) is 0. The Morgan fingerprint density at radius 2 is 1.82 bits per heavy atom. The van der Waals surface area contributed by atoms with Crippen molar-refractivity contribution in [2.45, 2.75) is 17.4 Å². The van der Waals surface area contributed by atoms with E-state index in [9.17, 15) is 0 Å². The number of alkyl halides is 1. The van der Waals surface area contributed by atoms with Gasteiger partial charge in [0, 0.05) is 27.2 Å². The Balaban J connectivity index is 3.17. The summed E-state index contributed by atoms with van der Waals surface area (Å²) in [5.41, 5.74) is 1.36. The monoisotopic (exact) mass is 274 g/mol. The first kappa shape index (κ1) is 14.7. The van der Waals surface area contributed by atoms with Crippen LogP contribution in [0.4, 0.5) is 0 Å². The number of ether oxygens (including phenoxy) is 3. The van der Waals surface area contributed by atoms with Gasteiger partial charge in [0.05, 0.1) is 10.2 Å². The molecule has 0 spiro atoms. The summed E-state index contributed by atoms with van der Waals surface area (Å²) in [5, 5.41) is 0. The minimum atomic E-state index is -0.698. The highest BCUT2D eigenvalue weighted by molar-refractivity contribution is 6.17. The average Bonchev–Trinajstić information content (AvgIpc) is 2.39. The quantitative estimate of drug-likeness (QED) is 0.446. The molecule has 0 saturated heterocycles. The standard InChI is InChI=1S/C12H19ClO3Si/c1-14-11(12(17,15-2)16-3)10-7-5-4-6-9(10)8-13/h4-7,11H,8H2,1-3,17H3. The summed E-state index contributed by atoms with van der Waals surface area (Å²) in [4.78, 5) is 0. The fourth-order valence-electron chi connectivity index (χ4n) is 1.83. The zero-order chi connectivity index (χ0) is 12.9. The molecule has 0 aliphatic heterocycles. The summed E-state index contributed by atoms with van der Waals surface area (Å²) in [6, 6.07) is 7.91. The molecule has 17 heavy (non-hydrogen) atoms. The molecule has 1 aromatic rings. The second-order valence-corrected chi connectivity index (χ2v) is 5.53. The minimum Gasteiger partial charge on any atom is -0.372 e. The van der Waals surface area contributed by atoms with Crippen molar-refractivity contribution >= 4 is 21.8 Å². The molecule has 0 N–H and O–H groups in total. The third-order valence-electron chi connectivity index (χ3n) is 3.00. The summed E-state index contributed by atoms with van der Waals surface area (Å²) in [6.07, 6.45) is -0.265. The van der Waals surface area contributed by atoms with E-state index in [0.29, 0.717) is 16.1 Å². The van der Waals surface area contributed by atoms with Crippen LogP contribution in [0.3, 0.4) is 0 Å². The molecule has 0 amide bonds. The Hall–Kier alpha value is -0.393. The largest absolute Gasteiger partial charge is 0.372 e. The number of rotatable bonds is 6. The van der Waals surface area contributed by atoms with E-state index in [1.807, 2.05) is 24.3 Å². The highest BCUT2D eigenvalue weighted by Gasteiger charge is 2.36. The Bertz CT molecular complexity index is 355. The first-order valence-corrected chi connectivity index (χ1v) is 6.93. The molecule has 96 valence electrons. The molecule has 0 aliphatic rings. The van der Waals surface area contributed by atoms with Crippen molar-refractivity contribution < 1.29 is 14.2 Å². The van der Waals surface area contributed by atoms with E-state index in [-0.39, 0.29) is 6.10 Å². The molecule has 0 heterocycles. The van der Waals surface area contributed by atoms with Gasteiger partial charge >= 0.3 is 0 Å². The van der Waals surface area contributed by atoms with Gasteiger partial charge in [-0.2, -0.15) is 0 Å². The van der Waals surface area contributed by atoms with Crippen molar-refractivity contribution in [3.8, 4) is 0 Å². The Morgan fingerprint density at radius 3 is 2.29 bits per heavy atom. The number of hydrogen-bond donors (Lipinski definition) is 0. The van der Waals surface area contributed by atoms with Gasteiger partial charge in [0.1, 0.15) is 6.10 Å². The lowest BCUT2D eigenvalue weighted by Crippen LogP contribution is -2.42. The van der Waals surface area contributed by atoms with Gasteiger partial charge in [0.2, 0.25) is 0 Å². The van der Waals surface area contributed by atoms with Gasteiger partial charge in [0.25, 0.3) is 0 Å². The van der Waals surface area contributed by atoms with Crippen molar-refractivity contribution in [1.82, 2.24) is 0 Å². The molecule has 1 atom stereocenters. The van der Waals surface area contributed by atoms with Crippen LogP contribution in [0.1, 0.15) is 17.2 Å². The average molecular weight is 275 g/mol.